The third-order valence-electron chi connectivity index (χ3n) is 3.70. The monoisotopic (exact) mass is 269 g/mol. The second-order valence-electron chi connectivity index (χ2n) is 5.97. The van der Waals surface area contributed by atoms with Gasteiger partial charge in [0.15, 0.2) is 0 Å². The van der Waals surface area contributed by atoms with E-state index in [1.807, 2.05) is 37.5 Å². The van der Waals surface area contributed by atoms with E-state index in [1.54, 1.807) is 0 Å². The zero-order chi connectivity index (χ0) is 14.6. The normalized spacial score (nSPS) is 18.1. The molecule has 19 heavy (non-hydrogen) atoms. The van der Waals surface area contributed by atoms with Crippen molar-refractivity contribution in [2.75, 3.05) is 26.2 Å². The molecule has 1 aliphatic rings. The predicted molar refractivity (Wildman–Crippen MR) is 75.4 cm³/mol. The zero-order valence-corrected chi connectivity index (χ0v) is 12.6. The molecule has 1 unspecified atom stereocenters. The molecule has 1 fully saturated rings. The summed E-state index contributed by atoms with van der Waals surface area (Å²) in [5, 5.41) is 0. The zero-order valence-electron chi connectivity index (χ0n) is 12.6. The minimum atomic E-state index is -0.0807. The first kappa shape index (κ1) is 16.0. The summed E-state index contributed by atoms with van der Waals surface area (Å²) in [5.74, 6) is 0.619. The van der Waals surface area contributed by atoms with Crippen molar-refractivity contribution in [3.8, 4) is 0 Å². The van der Waals surface area contributed by atoms with Gasteiger partial charge in [-0.05, 0) is 5.92 Å². The Balaban J connectivity index is 2.41. The van der Waals surface area contributed by atoms with Crippen LogP contribution in [-0.2, 0) is 9.59 Å². The van der Waals surface area contributed by atoms with Crippen molar-refractivity contribution < 1.29 is 9.59 Å². The Hall–Kier alpha value is -1.10. The number of carbonyl (C=O) groups is 2. The average Bonchev–Trinajstić information content (AvgIpc) is 2.37. The van der Waals surface area contributed by atoms with Crippen LogP contribution in [0.25, 0.3) is 0 Å². The smallest absolute Gasteiger partial charge is 0.225 e. The van der Waals surface area contributed by atoms with E-state index >= 15 is 0 Å². The topological polar surface area (TPSA) is 66.6 Å². The molecule has 2 N–H and O–H groups in total. The molecule has 0 saturated carbocycles. The summed E-state index contributed by atoms with van der Waals surface area (Å²) in [5.41, 5.74) is 5.93. The Labute approximate surface area is 116 Å². The van der Waals surface area contributed by atoms with Crippen LogP contribution in [0.4, 0.5) is 0 Å². The molecule has 0 aromatic rings. The predicted octanol–water partition coefficient (Wildman–Crippen LogP) is 0.687. The fraction of sp³-hybridized carbons (Fsp3) is 0.857. The molecule has 1 atom stereocenters. The third kappa shape index (κ3) is 4.49. The van der Waals surface area contributed by atoms with Gasteiger partial charge in [-0.15, -0.1) is 0 Å². The van der Waals surface area contributed by atoms with Crippen molar-refractivity contribution in [1.82, 2.24) is 9.80 Å². The molecule has 1 aliphatic heterocycles. The van der Waals surface area contributed by atoms with Gasteiger partial charge in [0, 0.05) is 44.6 Å². The van der Waals surface area contributed by atoms with Crippen LogP contribution in [0.2, 0.25) is 0 Å². The minimum absolute atomic E-state index is 0.0246. The number of rotatable bonds is 4. The van der Waals surface area contributed by atoms with E-state index in [9.17, 15) is 9.59 Å². The number of carbonyl (C=O) groups excluding carboxylic acids is 2. The SMILES string of the molecule is CC(C)C(=O)N1CCN(C(=O)CC(N)C(C)C)CC1. The summed E-state index contributed by atoms with van der Waals surface area (Å²) >= 11 is 0. The quantitative estimate of drug-likeness (QED) is 0.816. The maximum absolute atomic E-state index is 12.1. The molecule has 0 spiro atoms. The fourth-order valence-electron chi connectivity index (χ4n) is 2.11. The minimum Gasteiger partial charge on any atom is -0.339 e. The van der Waals surface area contributed by atoms with Gasteiger partial charge in [0.1, 0.15) is 0 Å². The van der Waals surface area contributed by atoms with Crippen molar-refractivity contribution >= 4 is 11.8 Å². The van der Waals surface area contributed by atoms with Crippen LogP contribution in [0.15, 0.2) is 0 Å². The average molecular weight is 269 g/mol. The number of amides is 2. The molecule has 1 rings (SSSR count). The highest BCUT2D eigenvalue weighted by Gasteiger charge is 2.26. The molecule has 1 heterocycles. The number of piperazine rings is 1. The lowest BCUT2D eigenvalue weighted by molar-refractivity contribution is -0.141. The van der Waals surface area contributed by atoms with Gasteiger partial charge in [0.25, 0.3) is 0 Å². The summed E-state index contributed by atoms with van der Waals surface area (Å²) in [6.45, 7) is 10.4. The molecular weight excluding hydrogens is 242 g/mol. The van der Waals surface area contributed by atoms with Crippen LogP contribution >= 0.6 is 0 Å². The second kappa shape index (κ2) is 6.89. The largest absolute Gasteiger partial charge is 0.339 e. The first-order valence-electron chi connectivity index (χ1n) is 7.15. The van der Waals surface area contributed by atoms with Crippen molar-refractivity contribution in [1.29, 1.82) is 0 Å². The summed E-state index contributed by atoms with van der Waals surface area (Å²) in [7, 11) is 0. The van der Waals surface area contributed by atoms with Gasteiger partial charge in [-0.25, -0.2) is 0 Å². The first-order chi connectivity index (χ1) is 8.82. The van der Waals surface area contributed by atoms with Gasteiger partial charge in [-0.3, -0.25) is 9.59 Å². The van der Waals surface area contributed by atoms with E-state index in [1.165, 1.54) is 0 Å². The number of hydrogen-bond acceptors (Lipinski definition) is 3. The third-order valence-corrected chi connectivity index (χ3v) is 3.70. The highest BCUT2D eigenvalue weighted by molar-refractivity contribution is 5.79. The van der Waals surface area contributed by atoms with E-state index in [0.717, 1.165) is 0 Å². The molecule has 1 saturated heterocycles. The Morgan fingerprint density at radius 3 is 1.89 bits per heavy atom. The van der Waals surface area contributed by atoms with Crippen molar-refractivity contribution in [3.05, 3.63) is 0 Å². The highest BCUT2D eigenvalue weighted by Crippen LogP contribution is 2.10. The van der Waals surface area contributed by atoms with E-state index in [-0.39, 0.29) is 23.8 Å². The Kier molecular flexibility index (Phi) is 5.79. The Morgan fingerprint density at radius 1 is 1.00 bits per heavy atom. The van der Waals surface area contributed by atoms with Crippen LogP contribution in [-0.4, -0.2) is 53.8 Å². The fourth-order valence-corrected chi connectivity index (χ4v) is 2.11. The lowest BCUT2D eigenvalue weighted by atomic mass is 10.0. The molecule has 0 aromatic heterocycles. The Bertz CT molecular complexity index is 321. The van der Waals surface area contributed by atoms with Crippen LogP contribution in [0.1, 0.15) is 34.1 Å². The number of nitrogens with two attached hydrogens (primary N) is 1. The van der Waals surface area contributed by atoms with Crippen molar-refractivity contribution in [3.63, 3.8) is 0 Å². The molecule has 5 nitrogen and oxygen atoms in total. The lowest BCUT2D eigenvalue weighted by Crippen LogP contribution is -2.52. The van der Waals surface area contributed by atoms with Gasteiger partial charge in [0.05, 0.1) is 0 Å². The summed E-state index contributed by atoms with van der Waals surface area (Å²) < 4.78 is 0. The van der Waals surface area contributed by atoms with Gasteiger partial charge in [0.2, 0.25) is 11.8 Å². The van der Waals surface area contributed by atoms with Crippen LogP contribution in [0.3, 0.4) is 0 Å². The molecule has 5 heteroatoms. The van der Waals surface area contributed by atoms with E-state index in [0.29, 0.717) is 38.5 Å². The van der Waals surface area contributed by atoms with Crippen LogP contribution in [0.5, 0.6) is 0 Å². The molecule has 0 radical (unpaired) electrons. The van der Waals surface area contributed by atoms with E-state index in [4.69, 9.17) is 5.73 Å². The first-order valence-corrected chi connectivity index (χ1v) is 7.15. The standard InChI is InChI=1S/C14H27N3O2/c1-10(2)12(15)9-13(18)16-5-7-17(8-6-16)14(19)11(3)4/h10-12H,5-9,15H2,1-4H3. The van der Waals surface area contributed by atoms with Gasteiger partial charge >= 0.3 is 0 Å². The number of nitrogens with zero attached hydrogens (tertiary/aromatic N) is 2. The molecule has 0 aliphatic carbocycles. The van der Waals surface area contributed by atoms with E-state index < -0.39 is 0 Å². The Morgan fingerprint density at radius 2 is 1.47 bits per heavy atom. The highest BCUT2D eigenvalue weighted by atomic mass is 16.2. The lowest BCUT2D eigenvalue weighted by Gasteiger charge is -2.36. The summed E-state index contributed by atoms with van der Waals surface area (Å²) in [4.78, 5) is 27.6. The van der Waals surface area contributed by atoms with Crippen molar-refractivity contribution in [2.24, 2.45) is 17.6 Å². The second-order valence-corrected chi connectivity index (χ2v) is 5.97. The number of hydrogen-bond donors (Lipinski definition) is 1. The molecule has 0 aromatic carbocycles. The van der Waals surface area contributed by atoms with Gasteiger partial charge in [-0.2, -0.15) is 0 Å². The molecule has 110 valence electrons. The summed E-state index contributed by atoms with van der Waals surface area (Å²) in [6, 6.07) is -0.0807. The summed E-state index contributed by atoms with van der Waals surface area (Å²) in [6.07, 6.45) is 0.399. The van der Waals surface area contributed by atoms with Gasteiger partial charge < -0.3 is 15.5 Å². The van der Waals surface area contributed by atoms with Crippen LogP contribution in [0, 0.1) is 11.8 Å². The van der Waals surface area contributed by atoms with Gasteiger partial charge in [-0.1, -0.05) is 27.7 Å². The van der Waals surface area contributed by atoms with E-state index in [2.05, 4.69) is 0 Å². The molecular formula is C14H27N3O2. The molecule has 2 amide bonds. The van der Waals surface area contributed by atoms with Crippen molar-refractivity contribution in [2.45, 2.75) is 40.2 Å². The van der Waals surface area contributed by atoms with Crippen LogP contribution < -0.4 is 5.73 Å². The maximum Gasteiger partial charge on any atom is 0.225 e. The maximum atomic E-state index is 12.1. The molecule has 0 bridgehead atoms.